The van der Waals surface area contributed by atoms with Gasteiger partial charge in [-0.3, -0.25) is 4.90 Å². The molecule has 3 nitrogen and oxygen atoms in total. The third-order valence-electron chi connectivity index (χ3n) is 3.15. The van der Waals surface area contributed by atoms with Crippen LogP contribution in [0.1, 0.15) is 24.5 Å². The van der Waals surface area contributed by atoms with Gasteiger partial charge in [-0.1, -0.05) is 6.92 Å². The van der Waals surface area contributed by atoms with Crippen LogP contribution in [0.2, 0.25) is 0 Å². The average molecular weight is 257 g/mol. The van der Waals surface area contributed by atoms with E-state index in [0.29, 0.717) is 12.6 Å². The second-order valence-corrected chi connectivity index (χ2v) is 6.65. The number of thiazole rings is 1. The third kappa shape index (κ3) is 2.77. The summed E-state index contributed by atoms with van der Waals surface area (Å²) >= 11 is 3.74. The lowest BCUT2D eigenvalue weighted by Crippen LogP contribution is -2.44. The average Bonchev–Trinajstić information content (AvgIpc) is 2.73. The molecule has 0 amide bonds. The van der Waals surface area contributed by atoms with E-state index >= 15 is 0 Å². The van der Waals surface area contributed by atoms with Crippen LogP contribution in [0, 0.1) is 0 Å². The number of hydrogen-bond donors (Lipinski definition) is 1. The van der Waals surface area contributed by atoms with Gasteiger partial charge in [0.15, 0.2) is 0 Å². The van der Waals surface area contributed by atoms with Crippen LogP contribution in [0.4, 0.5) is 0 Å². The van der Waals surface area contributed by atoms with Crippen LogP contribution in [-0.2, 0) is 13.1 Å². The molecule has 1 aliphatic rings. The minimum Gasteiger partial charge on any atom is -0.325 e. The Kier molecular flexibility index (Phi) is 4.24. The topological polar surface area (TPSA) is 42.1 Å². The summed E-state index contributed by atoms with van der Waals surface area (Å²) < 4.78 is 0. The molecule has 5 heteroatoms. The van der Waals surface area contributed by atoms with Gasteiger partial charge in [0, 0.05) is 42.1 Å². The summed E-state index contributed by atoms with van der Waals surface area (Å²) in [7, 11) is 0. The zero-order chi connectivity index (χ0) is 11.5. The van der Waals surface area contributed by atoms with Gasteiger partial charge in [0.2, 0.25) is 0 Å². The summed E-state index contributed by atoms with van der Waals surface area (Å²) in [6, 6.07) is 0.641. The molecule has 0 radical (unpaired) electrons. The zero-order valence-electron chi connectivity index (χ0n) is 9.85. The first-order chi connectivity index (χ1) is 7.70. The Morgan fingerprint density at radius 3 is 3.06 bits per heavy atom. The maximum Gasteiger partial charge on any atom is 0.106 e. The summed E-state index contributed by atoms with van der Waals surface area (Å²) in [4.78, 5) is 7.05. The Labute approximate surface area is 105 Å². The van der Waals surface area contributed by atoms with Gasteiger partial charge in [0.1, 0.15) is 5.01 Å². The van der Waals surface area contributed by atoms with Crippen molar-refractivity contribution in [2.45, 2.75) is 38.2 Å². The molecule has 90 valence electrons. The van der Waals surface area contributed by atoms with E-state index in [4.69, 9.17) is 5.73 Å². The van der Waals surface area contributed by atoms with Crippen molar-refractivity contribution in [3.63, 3.8) is 0 Å². The molecule has 2 unspecified atom stereocenters. The standard InChI is InChI=1S/C11H19N3S2/c1-8-9(2)15-4-3-14(8)6-10-7-16-11(5-12)13-10/h7-9H,3-6,12H2,1-2H3. The third-order valence-corrected chi connectivity index (χ3v) is 5.41. The molecule has 16 heavy (non-hydrogen) atoms. The lowest BCUT2D eigenvalue weighted by molar-refractivity contribution is 0.202. The lowest BCUT2D eigenvalue weighted by Gasteiger charge is -2.37. The van der Waals surface area contributed by atoms with Crippen molar-refractivity contribution in [3.05, 3.63) is 16.1 Å². The first-order valence-electron chi connectivity index (χ1n) is 5.69. The van der Waals surface area contributed by atoms with E-state index in [-0.39, 0.29) is 0 Å². The smallest absolute Gasteiger partial charge is 0.106 e. The molecule has 2 N–H and O–H groups in total. The minimum atomic E-state index is 0.562. The molecule has 1 aliphatic heterocycles. The predicted molar refractivity (Wildman–Crippen MR) is 71.8 cm³/mol. The van der Waals surface area contributed by atoms with E-state index in [1.807, 2.05) is 0 Å². The molecule has 0 aliphatic carbocycles. The van der Waals surface area contributed by atoms with E-state index < -0.39 is 0 Å². The summed E-state index contributed by atoms with van der Waals surface area (Å²) in [6.45, 7) is 7.33. The van der Waals surface area contributed by atoms with Gasteiger partial charge in [-0.05, 0) is 6.92 Å². The quantitative estimate of drug-likeness (QED) is 0.898. The first-order valence-corrected chi connectivity index (χ1v) is 7.62. The SMILES string of the molecule is CC1SCCN(Cc2csc(CN)n2)C1C. The normalized spacial score (nSPS) is 27.2. The molecule has 2 atom stereocenters. The van der Waals surface area contributed by atoms with E-state index in [1.165, 1.54) is 18.0 Å². The van der Waals surface area contributed by atoms with Crippen LogP contribution >= 0.6 is 23.1 Å². The summed E-state index contributed by atoms with van der Waals surface area (Å²) in [6.07, 6.45) is 0. The number of hydrogen-bond acceptors (Lipinski definition) is 5. The van der Waals surface area contributed by atoms with Crippen molar-refractivity contribution >= 4 is 23.1 Å². The highest BCUT2D eigenvalue weighted by atomic mass is 32.2. The number of nitrogens with zero attached hydrogens (tertiary/aromatic N) is 2. The molecule has 2 heterocycles. The summed E-state index contributed by atoms with van der Waals surface area (Å²) in [5, 5.41) is 3.91. The highest BCUT2D eigenvalue weighted by Crippen LogP contribution is 2.25. The molecule has 1 saturated heterocycles. The number of nitrogens with two attached hydrogens (primary N) is 1. The fourth-order valence-corrected chi connectivity index (χ4v) is 3.77. The monoisotopic (exact) mass is 257 g/mol. The van der Waals surface area contributed by atoms with Crippen LogP contribution in [0.3, 0.4) is 0 Å². The zero-order valence-corrected chi connectivity index (χ0v) is 11.5. The molecule has 1 aromatic rings. The minimum absolute atomic E-state index is 0.562. The molecule has 2 rings (SSSR count). The van der Waals surface area contributed by atoms with Crippen LogP contribution in [-0.4, -0.2) is 33.5 Å². The lowest BCUT2D eigenvalue weighted by atomic mass is 10.2. The van der Waals surface area contributed by atoms with Crippen molar-refractivity contribution in [1.82, 2.24) is 9.88 Å². The Bertz CT molecular complexity index is 340. The van der Waals surface area contributed by atoms with Gasteiger partial charge >= 0.3 is 0 Å². The molecule has 1 aromatic heterocycles. The van der Waals surface area contributed by atoms with Gasteiger partial charge in [-0.25, -0.2) is 4.98 Å². The van der Waals surface area contributed by atoms with Crippen molar-refractivity contribution in [2.75, 3.05) is 12.3 Å². The van der Waals surface area contributed by atoms with Crippen LogP contribution < -0.4 is 5.73 Å². The predicted octanol–water partition coefficient (Wildman–Crippen LogP) is 1.93. The molecule has 0 aromatic carbocycles. The van der Waals surface area contributed by atoms with Gasteiger partial charge in [-0.2, -0.15) is 11.8 Å². The maximum absolute atomic E-state index is 5.58. The first kappa shape index (κ1) is 12.4. The fraction of sp³-hybridized carbons (Fsp3) is 0.727. The van der Waals surface area contributed by atoms with Gasteiger partial charge in [0.25, 0.3) is 0 Å². The number of thioether (sulfide) groups is 1. The molecule has 0 spiro atoms. The van der Waals surface area contributed by atoms with E-state index in [9.17, 15) is 0 Å². The number of aromatic nitrogens is 1. The van der Waals surface area contributed by atoms with Crippen molar-refractivity contribution in [1.29, 1.82) is 0 Å². The van der Waals surface area contributed by atoms with Gasteiger partial charge < -0.3 is 5.73 Å². The Morgan fingerprint density at radius 2 is 2.38 bits per heavy atom. The highest BCUT2D eigenvalue weighted by molar-refractivity contribution is 8.00. The Balaban J connectivity index is 1.97. The van der Waals surface area contributed by atoms with Gasteiger partial charge in [0.05, 0.1) is 5.69 Å². The molecule has 0 saturated carbocycles. The van der Waals surface area contributed by atoms with Gasteiger partial charge in [-0.15, -0.1) is 11.3 Å². The highest BCUT2D eigenvalue weighted by Gasteiger charge is 2.25. The van der Waals surface area contributed by atoms with Crippen LogP contribution in [0.25, 0.3) is 0 Å². The largest absolute Gasteiger partial charge is 0.325 e. The maximum atomic E-state index is 5.58. The summed E-state index contributed by atoms with van der Waals surface area (Å²) in [5.41, 5.74) is 6.75. The summed E-state index contributed by atoms with van der Waals surface area (Å²) in [5.74, 6) is 1.24. The van der Waals surface area contributed by atoms with Crippen LogP contribution in [0.5, 0.6) is 0 Å². The van der Waals surface area contributed by atoms with E-state index in [1.54, 1.807) is 11.3 Å². The molecule has 1 fully saturated rings. The van der Waals surface area contributed by atoms with E-state index in [0.717, 1.165) is 16.8 Å². The number of rotatable bonds is 3. The second-order valence-electron chi connectivity index (χ2n) is 4.22. The second kappa shape index (κ2) is 5.49. The van der Waals surface area contributed by atoms with Crippen molar-refractivity contribution in [3.8, 4) is 0 Å². The van der Waals surface area contributed by atoms with Crippen molar-refractivity contribution in [2.24, 2.45) is 5.73 Å². The fourth-order valence-electron chi connectivity index (χ4n) is 1.94. The Morgan fingerprint density at radius 1 is 1.56 bits per heavy atom. The Hall–Kier alpha value is -0.100. The molecule has 0 bridgehead atoms. The van der Waals surface area contributed by atoms with Crippen LogP contribution in [0.15, 0.2) is 5.38 Å². The van der Waals surface area contributed by atoms with Crippen molar-refractivity contribution < 1.29 is 0 Å². The molecular weight excluding hydrogens is 238 g/mol. The molecular formula is C11H19N3S2. The van der Waals surface area contributed by atoms with E-state index in [2.05, 4.69) is 40.9 Å².